The van der Waals surface area contributed by atoms with Crippen molar-refractivity contribution in [3.63, 3.8) is 0 Å². The zero-order valence-electron chi connectivity index (χ0n) is 20.3. The number of carbonyl (C=O) groups is 2. The maximum Gasteiger partial charge on any atom is 0.268 e. The van der Waals surface area contributed by atoms with Crippen LogP contribution in [0.4, 0.5) is 0 Å². The van der Waals surface area contributed by atoms with Crippen molar-refractivity contribution in [2.24, 2.45) is 0 Å². The molecule has 1 aliphatic heterocycles. The van der Waals surface area contributed by atoms with E-state index >= 15 is 0 Å². The summed E-state index contributed by atoms with van der Waals surface area (Å²) < 4.78 is 1.82. The highest BCUT2D eigenvalue weighted by molar-refractivity contribution is 6.35. The fourth-order valence-electron chi connectivity index (χ4n) is 5.32. The molecule has 1 fully saturated rings. The summed E-state index contributed by atoms with van der Waals surface area (Å²) in [7, 11) is 0. The number of nitrogens with one attached hydrogen (secondary N) is 2. The zero-order valence-corrected chi connectivity index (χ0v) is 21.0. The molecule has 0 unspecified atom stereocenters. The van der Waals surface area contributed by atoms with Crippen molar-refractivity contribution < 1.29 is 9.59 Å². The second-order valence-corrected chi connectivity index (χ2v) is 9.87. The van der Waals surface area contributed by atoms with Gasteiger partial charge in [0.05, 0.1) is 51.8 Å². The van der Waals surface area contributed by atoms with E-state index in [9.17, 15) is 14.9 Å². The Morgan fingerprint density at radius 1 is 1.13 bits per heavy atom. The van der Waals surface area contributed by atoms with Crippen LogP contribution in [-0.4, -0.2) is 50.2 Å². The Hall–Kier alpha value is -4.61. The molecule has 5 aromatic rings. The molecule has 6 rings (SSSR count). The van der Waals surface area contributed by atoms with Crippen molar-refractivity contribution in [1.82, 2.24) is 24.6 Å². The molecule has 38 heavy (non-hydrogen) atoms. The molecule has 1 aliphatic rings. The summed E-state index contributed by atoms with van der Waals surface area (Å²) in [6.45, 7) is 0.928. The van der Waals surface area contributed by atoms with Crippen LogP contribution < -0.4 is 5.32 Å². The summed E-state index contributed by atoms with van der Waals surface area (Å²) in [5, 5.41) is 13.5. The first-order valence-electron chi connectivity index (χ1n) is 12.3. The second-order valence-electron chi connectivity index (χ2n) is 9.46. The Morgan fingerprint density at radius 3 is 2.79 bits per heavy atom. The molecule has 0 radical (unpaired) electrons. The first kappa shape index (κ1) is 23.8. The highest BCUT2D eigenvalue weighted by Crippen LogP contribution is 2.31. The Balaban J connectivity index is 1.30. The normalized spacial score (nSPS) is 17.4. The van der Waals surface area contributed by atoms with Crippen molar-refractivity contribution in [2.45, 2.75) is 18.4 Å². The lowest BCUT2D eigenvalue weighted by atomic mass is 9.85. The summed E-state index contributed by atoms with van der Waals surface area (Å²) in [5.74, 6) is -0.356. The van der Waals surface area contributed by atoms with Crippen molar-refractivity contribution in [3.8, 4) is 6.07 Å². The number of halogens is 1. The number of imidazole rings is 1. The van der Waals surface area contributed by atoms with Crippen LogP contribution in [0.1, 0.15) is 44.3 Å². The van der Waals surface area contributed by atoms with Crippen LogP contribution in [0.25, 0.3) is 16.4 Å². The molecule has 8 nitrogen and oxygen atoms in total. The number of carbonyl (C=O) groups excluding carboxylic acids is 2. The fraction of sp³-hybridized carbons (Fsp3) is 0.172. The van der Waals surface area contributed by atoms with E-state index in [1.165, 1.54) is 0 Å². The van der Waals surface area contributed by atoms with Crippen LogP contribution in [-0.2, 0) is 0 Å². The van der Waals surface area contributed by atoms with Gasteiger partial charge < -0.3 is 19.6 Å². The fourth-order valence-corrected chi connectivity index (χ4v) is 5.59. The minimum atomic E-state index is -0.316. The summed E-state index contributed by atoms with van der Waals surface area (Å²) >= 11 is 6.34. The number of nitriles is 1. The number of amides is 2. The molecule has 188 valence electrons. The number of aromatic amines is 1. The van der Waals surface area contributed by atoms with Crippen LogP contribution in [0.2, 0.25) is 5.02 Å². The number of nitrogens with zero attached hydrogens (tertiary/aromatic N) is 4. The van der Waals surface area contributed by atoms with Gasteiger partial charge in [-0.1, -0.05) is 41.9 Å². The molecule has 2 N–H and O–H groups in total. The Labute approximate surface area is 223 Å². The number of hydrogen-bond donors (Lipinski definition) is 2. The second kappa shape index (κ2) is 9.69. The molecule has 2 amide bonds. The number of rotatable bonds is 4. The van der Waals surface area contributed by atoms with Gasteiger partial charge in [0.2, 0.25) is 0 Å². The Morgan fingerprint density at radius 2 is 1.97 bits per heavy atom. The zero-order chi connectivity index (χ0) is 26.2. The third-order valence-electron chi connectivity index (χ3n) is 7.18. The van der Waals surface area contributed by atoms with Crippen LogP contribution in [0.3, 0.4) is 0 Å². The van der Waals surface area contributed by atoms with Gasteiger partial charge in [0.1, 0.15) is 5.69 Å². The van der Waals surface area contributed by atoms with Gasteiger partial charge in [-0.3, -0.25) is 9.59 Å². The average Bonchev–Trinajstić information content (AvgIpc) is 3.61. The summed E-state index contributed by atoms with van der Waals surface area (Å²) in [5.41, 5.74) is 3.80. The number of likely N-dealkylation sites (tertiary alicyclic amines) is 1. The molecular weight excluding hydrogens is 500 g/mol. The molecule has 2 aromatic carbocycles. The minimum absolute atomic E-state index is 0.0353. The molecule has 4 heterocycles. The standard InChI is InChI=1S/C29H23ClN6O2/c30-23-12-18(14-31)11-20-13-24(33-27(20)23)28(37)34-25-16-35(10-8-21(25)19-5-2-1-3-6-19)29(38)22-7-4-9-36-17-32-15-26(22)36/h1-7,9,11-13,15,17,21,25,33H,8,10,16H2,(H,34,37)/t21-,25+/m0/s1. The minimum Gasteiger partial charge on any atom is -0.349 e. The first-order chi connectivity index (χ1) is 18.5. The van der Waals surface area contributed by atoms with Gasteiger partial charge >= 0.3 is 0 Å². The lowest BCUT2D eigenvalue weighted by Gasteiger charge is -2.39. The number of hydrogen-bond acceptors (Lipinski definition) is 4. The predicted octanol–water partition coefficient (Wildman–Crippen LogP) is 4.77. The van der Waals surface area contributed by atoms with Crippen molar-refractivity contribution in [2.75, 3.05) is 13.1 Å². The quantitative estimate of drug-likeness (QED) is 0.354. The van der Waals surface area contributed by atoms with Crippen molar-refractivity contribution >= 4 is 39.8 Å². The largest absolute Gasteiger partial charge is 0.349 e. The Kier molecular flexibility index (Phi) is 6.06. The first-order valence-corrected chi connectivity index (χ1v) is 12.7. The predicted molar refractivity (Wildman–Crippen MR) is 144 cm³/mol. The number of benzene rings is 2. The Bertz CT molecular complexity index is 1720. The van der Waals surface area contributed by atoms with E-state index in [0.29, 0.717) is 52.3 Å². The molecule has 0 bridgehead atoms. The number of fused-ring (bicyclic) bond motifs is 2. The lowest BCUT2D eigenvalue weighted by Crippen LogP contribution is -2.53. The summed E-state index contributed by atoms with van der Waals surface area (Å²) in [6.07, 6.45) is 5.91. The number of H-pyrrole nitrogens is 1. The molecule has 0 saturated carbocycles. The van der Waals surface area contributed by atoms with E-state index in [4.69, 9.17) is 11.6 Å². The number of aromatic nitrogens is 3. The maximum atomic E-state index is 13.6. The van der Waals surface area contributed by atoms with Gasteiger partial charge in [0.25, 0.3) is 11.8 Å². The van der Waals surface area contributed by atoms with Gasteiger partial charge in [-0.15, -0.1) is 0 Å². The van der Waals surface area contributed by atoms with Crippen LogP contribution >= 0.6 is 11.6 Å². The van der Waals surface area contributed by atoms with E-state index in [1.807, 2.05) is 34.9 Å². The smallest absolute Gasteiger partial charge is 0.268 e. The van der Waals surface area contributed by atoms with E-state index < -0.39 is 0 Å². The van der Waals surface area contributed by atoms with Gasteiger partial charge in [-0.2, -0.15) is 5.26 Å². The van der Waals surface area contributed by atoms with E-state index in [-0.39, 0.29) is 23.8 Å². The molecule has 1 saturated heterocycles. The van der Waals surface area contributed by atoms with Gasteiger partial charge in [-0.05, 0) is 42.3 Å². The summed E-state index contributed by atoms with van der Waals surface area (Å²) in [6, 6.07) is 20.4. The maximum absolute atomic E-state index is 13.6. The van der Waals surface area contributed by atoms with Crippen molar-refractivity contribution in [1.29, 1.82) is 5.26 Å². The van der Waals surface area contributed by atoms with Gasteiger partial charge in [0.15, 0.2) is 0 Å². The van der Waals surface area contributed by atoms with Crippen LogP contribution in [0, 0.1) is 11.3 Å². The molecule has 2 atom stereocenters. The van der Waals surface area contributed by atoms with Crippen molar-refractivity contribution in [3.05, 3.63) is 107 Å². The highest BCUT2D eigenvalue weighted by atomic mass is 35.5. The van der Waals surface area contributed by atoms with Gasteiger partial charge in [0, 0.05) is 30.6 Å². The molecule has 3 aromatic heterocycles. The molecular formula is C29H23ClN6O2. The topological polar surface area (TPSA) is 106 Å². The van der Waals surface area contributed by atoms with E-state index in [1.54, 1.807) is 41.7 Å². The van der Waals surface area contributed by atoms with E-state index in [2.05, 4.69) is 33.5 Å². The molecule has 0 spiro atoms. The average molecular weight is 523 g/mol. The number of piperidine rings is 1. The SMILES string of the molecule is N#Cc1cc(Cl)c2[nH]c(C(=O)N[C@@H]3CN(C(=O)c4cccn5cncc45)CC[C@H]3c3ccccc3)cc2c1. The van der Waals surface area contributed by atoms with Crippen LogP contribution in [0.5, 0.6) is 0 Å². The monoisotopic (exact) mass is 522 g/mol. The summed E-state index contributed by atoms with van der Waals surface area (Å²) in [4.78, 5) is 36.1. The molecule has 9 heteroatoms. The van der Waals surface area contributed by atoms with Crippen LogP contribution in [0.15, 0.2) is 79.4 Å². The highest BCUT2D eigenvalue weighted by Gasteiger charge is 2.34. The molecule has 0 aliphatic carbocycles. The van der Waals surface area contributed by atoms with Gasteiger partial charge in [-0.25, -0.2) is 4.98 Å². The number of pyridine rings is 1. The third kappa shape index (κ3) is 4.27. The lowest BCUT2D eigenvalue weighted by molar-refractivity contribution is 0.0656. The third-order valence-corrected chi connectivity index (χ3v) is 7.48. The van der Waals surface area contributed by atoms with E-state index in [0.717, 1.165) is 11.1 Å².